The number of hydrogen-bond donors (Lipinski definition) is 0. The first-order valence-electron chi connectivity index (χ1n) is 19.9. The zero-order valence-electron chi connectivity index (χ0n) is 31.7. The minimum atomic E-state index is 1.11. The average Bonchev–Trinajstić information content (AvgIpc) is 3.69. The van der Waals surface area contributed by atoms with Crippen molar-refractivity contribution < 1.29 is 0 Å². The molecule has 10 aromatic carbocycles. The summed E-state index contributed by atoms with van der Waals surface area (Å²) in [5.41, 5.74) is 12.9. The molecule has 0 spiro atoms. The molecule has 1 heterocycles. The maximum Gasteiger partial charge on any atom is 0.0547 e. The van der Waals surface area contributed by atoms with Crippen LogP contribution in [0.15, 0.2) is 224 Å². The molecule has 0 saturated carbocycles. The summed E-state index contributed by atoms with van der Waals surface area (Å²) < 4.78 is 2.60. The summed E-state index contributed by atoms with van der Waals surface area (Å²) >= 11 is 1.88. The lowest BCUT2D eigenvalue weighted by Crippen LogP contribution is -2.14. The van der Waals surface area contributed by atoms with Crippen molar-refractivity contribution in [3.63, 3.8) is 0 Å². The highest BCUT2D eigenvalue weighted by Crippen LogP contribution is 2.52. The number of fused-ring (bicyclic) bond motifs is 6. The number of nitrogens with zero attached hydrogens (tertiary/aromatic N) is 1. The largest absolute Gasteiger partial charge is 0.309 e. The number of para-hydroxylation sites is 1. The first-order valence-corrected chi connectivity index (χ1v) is 20.7. The molecule has 0 atom stereocenters. The van der Waals surface area contributed by atoms with Crippen LogP contribution in [0.4, 0.5) is 17.1 Å². The zero-order chi connectivity index (χ0) is 38.4. The van der Waals surface area contributed by atoms with Gasteiger partial charge in [0, 0.05) is 42.2 Å². The third kappa shape index (κ3) is 5.69. The van der Waals surface area contributed by atoms with Gasteiger partial charge in [-0.2, -0.15) is 0 Å². The molecule has 0 saturated heterocycles. The maximum atomic E-state index is 2.56. The van der Waals surface area contributed by atoms with E-state index in [9.17, 15) is 0 Å². The molecule has 0 bridgehead atoms. The van der Waals surface area contributed by atoms with E-state index in [2.05, 4.69) is 229 Å². The van der Waals surface area contributed by atoms with Crippen LogP contribution in [0.3, 0.4) is 0 Å². The van der Waals surface area contributed by atoms with Crippen molar-refractivity contribution in [2.45, 2.75) is 0 Å². The number of anilines is 3. The Morgan fingerprint density at radius 3 is 1.60 bits per heavy atom. The Labute approximate surface area is 342 Å². The monoisotopic (exact) mass is 755 g/mol. The predicted octanol–water partition coefficient (Wildman–Crippen LogP) is 16.5. The Balaban J connectivity index is 1.29. The lowest BCUT2D eigenvalue weighted by Gasteiger charge is -2.32. The number of thiophene rings is 1. The summed E-state index contributed by atoms with van der Waals surface area (Å²) in [4.78, 5) is 2.56. The normalized spacial score (nSPS) is 11.4. The van der Waals surface area contributed by atoms with E-state index in [4.69, 9.17) is 0 Å². The van der Waals surface area contributed by atoms with Gasteiger partial charge in [0.2, 0.25) is 0 Å². The molecule has 0 aliphatic rings. The first kappa shape index (κ1) is 34.0. The van der Waals surface area contributed by atoms with Crippen LogP contribution in [-0.2, 0) is 0 Å². The Hall–Kier alpha value is -7.26. The number of benzene rings is 10. The standard InChI is InChI=1S/C56H37NS/c1-3-19-38(20-4-1)41-24-9-12-30-48(41)55-43(39-21-5-2-6-22-39)31-18-35-52(55)57(53-37-40-23-7-8-25-42(40)44-26-10-11-27-45(44)53)51-34-15-13-28-46(51)49-32-17-33-50-47-29-14-16-36-54(47)58-56(49)50/h1-37H. The van der Waals surface area contributed by atoms with E-state index in [1.807, 2.05) is 11.3 Å². The molecule has 0 amide bonds. The van der Waals surface area contributed by atoms with Gasteiger partial charge in [-0.25, -0.2) is 0 Å². The second-order valence-corrected chi connectivity index (χ2v) is 15.8. The Bertz CT molecular complexity index is 3290. The number of hydrogen-bond acceptors (Lipinski definition) is 2. The molecule has 0 radical (unpaired) electrons. The average molecular weight is 756 g/mol. The molecule has 11 rings (SSSR count). The lowest BCUT2D eigenvalue weighted by atomic mass is 9.87. The van der Waals surface area contributed by atoms with E-state index in [0.717, 1.165) is 17.1 Å². The zero-order valence-corrected chi connectivity index (χ0v) is 32.5. The first-order chi connectivity index (χ1) is 28.8. The van der Waals surface area contributed by atoms with Crippen molar-refractivity contribution >= 4 is 70.1 Å². The van der Waals surface area contributed by atoms with Gasteiger partial charge in [0.05, 0.1) is 17.1 Å². The van der Waals surface area contributed by atoms with Crippen molar-refractivity contribution in [2.24, 2.45) is 0 Å². The summed E-state index contributed by atoms with van der Waals surface area (Å²) in [6.45, 7) is 0. The maximum absolute atomic E-state index is 2.56. The van der Waals surface area contributed by atoms with Crippen molar-refractivity contribution in [1.29, 1.82) is 0 Å². The summed E-state index contributed by atoms with van der Waals surface area (Å²) in [6.07, 6.45) is 0. The minimum absolute atomic E-state index is 1.11. The van der Waals surface area contributed by atoms with Crippen LogP contribution < -0.4 is 4.90 Å². The fourth-order valence-electron chi connectivity index (χ4n) is 8.90. The van der Waals surface area contributed by atoms with E-state index in [0.29, 0.717) is 0 Å². The molecule has 0 fully saturated rings. The Morgan fingerprint density at radius 1 is 0.293 bits per heavy atom. The summed E-state index contributed by atoms with van der Waals surface area (Å²) in [6, 6.07) is 82.1. The van der Waals surface area contributed by atoms with Crippen LogP contribution in [0.25, 0.3) is 86.2 Å². The van der Waals surface area contributed by atoms with E-state index in [1.165, 1.54) is 86.2 Å². The van der Waals surface area contributed by atoms with Gasteiger partial charge in [-0.3, -0.25) is 0 Å². The Morgan fingerprint density at radius 2 is 0.810 bits per heavy atom. The third-order valence-corrected chi connectivity index (χ3v) is 12.7. The molecular weight excluding hydrogens is 719 g/mol. The molecule has 11 aromatic rings. The van der Waals surface area contributed by atoms with Gasteiger partial charge in [-0.1, -0.05) is 200 Å². The topological polar surface area (TPSA) is 3.24 Å². The summed E-state index contributed by atoms with van der Waals surface area (Å²) in [7, 11) is 0. The van der Waals surface area contributed by atoms with E-state index in [1.54, 1.807) is 0 Å². The van der Waals surface area contributed by atoms with Gasteiger partial charge >= 0.3 is 0 Å². The van der Waals surface area contributed by atoms with Crippen LogP contribution in [0.1, 0.15) is 0 Å². The summed E-state index contributed by atoms with van der Waals surface area (Å²) in [5, 5.41) is 7.47. The molecule has 272 valence electrons. The molecule has 0 unspecified atom stereocenters. The smallest absolute Gasteiger partial charge is 0.0547 e. The van der Waals surface area contributed by atoms with Crippen molar-refractivity contribution in [3.05, 3.63) is 224 Å². The van der Waals surface area contributed by atoms with Crippen molar-refractivity contribution in [3.8, 4) is 44.5 Å². The van der Waals surface area contributed by atoms with E-state index < -0.39 is 0 Å². The SMILES string of the molecule is c1ccc(-c2ccccc2-c2c(-c3ccccc3)cccc2N(c2ccccc2-c2cccc3c2sc2ccccc23)c2cc3ccccc3c3ccccc23)cc1. The van der Waals surface area contributed by atoms with Gasteiger partial charge in [0.15, 0.2) is 0 Å². The molecule has 0 N–H and O–H groups in total. The second kappa shape index (κ2) is 14.4. The van der Waals surface area contributed by atoms with Crippen LogP contribution >= 0.6 is 11.3 Å². The van der Waals surface area contributed by atoms with Crippen LogP contribution in [0.2, 0.25) is 0 Å². The molecule has 58 heavy (non-hydrogen) atoms. The van der Waals surface area contributed by atoms with Gasteiger partial charge in [0.25, 0.3) is 0 Å². The Kier molecular flexibility index (Phi) is 8.42. The molecular formula is C56H37NS. The summed E-state index contributed by atoms with van der Waals surface area (Å²) in [5.74, 6) is 0. The van der Waals surface area contributed by atoms with Gasteiger partial charge in [0.1, 0.15) is 0 Å². The fraction of sp³-hybridized carbons (Fsp3) is 0. The van der Waals surface area contributed by atoms with E-state index >= 15 is 0 Å². The molecule has 0 aliphatic heterocycles. The van der Waals surface area contributed by atoms with E-state index in [-0.39, 0.29) is 0 Å². The van der Waals surface area contributed by atoms with Crippen molar-refractivity contribution in [2.75, 3.05) is 4.90 Å². The predicted molar refractivity (Wildman–Crippen MR) is 251 cm³/mol. The second-order valence-electron chi connectivity index (χ2n) is 14.8. The fourth-order valence-corrected chi connectivity index (χ4v) is 10.1. The molecule has 1 nitrogen and oxygen atoms in total. The van der Waals surface area contributed by atoms with Crippen molar-refractivity contribution in [1.82, 2.24) is 0 Å². The highest BCUT2D eigenvalue weighted by molar-refractivity contribution is 7.26. The number of rotatable bonds is 7. The minimum Gasteiger partial charge on any atom is -0.309 e. The highest BCUT2D eigenvalue weighted by atomic mass is 32.1. The molecule has 1 aromatic heterocycles. The van der Waals surface area contributed by atoms with Crippen LogP contribution in [0.5, 0.6) is 0 Å². The highest BCUT2D eigenvalue weighted by Gasteiger charge is 2.26. The van der Waals surface area contributed by atoms with Crippen LogP contribution in [-0.4, -0.2) is 0 Å². The van der Waals surface area contributed by atoms with Gasteiger partial charge < -0.3 is 4.90 Å². The molecule has 2 heteroatoms. The van der Waals surface area contributed by atoms with Gasteiger partial charge in [-0.15, -0.1) is 11.3 Å². The molecule has 0 aliphatic carbocycles. The third-order valence-electron chi connectivity index (χ3n) is 11.5. The van der Waals surface area contributed by atoms with Gasteiger partial charge in [-0.05, 0) is 68.2 Å². The van der Waals surface area contributed by atoms with Crippen LogP contribution in [0, 0.1) is 0 Å². The lowest BCUT2D eigenvalue weighted by molar-refractivity contribution is 1.30. The quantitative estimate of drug-likeness (QED) is 0.146.